The normalized spacial score (nSPS) is 10.6. The second-order valence-corrected chi connectivity index (χ2v) is 7.94. The molecule has 2 aromatic carbocycles. The van der Waals surface area contributed by atoms with Crippen LogP contribution in [-0.2, 0) is 14.1 Å². The van der Waals surface area contributed by atoms with Gasteiger partial charge in [-0.2, -0.15) is 0 Å². The Bertz CT molecular complexity index is 690. The highest BCUT2D eigenvalue weighted by Crippen LogP contribution is 2.50. The van der Waals surface area contributed by atoms with E-state index in [0.717, 1.165) is 0 Å². The first-order chi connectivity index (χ1) is 14.9. The van der Waals surface area contributed by atoms with Gasteiger partial charge in [0, 0.05) is 18.3 Å². The van der Waals surface area contributed by atoms with Crippen molar-refractivity contribution in [3.8, 4) is 11.5 Å². The van der Waals surface area contributed by atoms with Crippen LogP contribution in [0, 0.1) is 5.92 Å². The molecule has 0 unspecified atom stereocenters. The molecule has 0 heterocycles. The number of alkyl halides is 1. The number of ether oxygens (including phenoxy) is 1. The van der Waals surface area contributed by atoms with Crippen LogP contribution in [0.4, 0.5) is 22.7 Å². The number of halogens is 5. The molecule has 0 saturated heterocycles. The molecule has 0 aliphatic carbocycles. The number of rotatable bonds is 8. The van der Waals surface area contributed by atoms with Gasteiger partial charge in [0.2, 0.25) is 0 Å². The van der Waals surface area contributed by atoms with Crippen LogP contribution < -0.4 is 9.05 Å². The van der Waals surface area contributed by atoms with Crippen molar-refractivity contribution in [2.45, 2.75) is 26.9 Å². The van der Waals surface area contributed by atoms with Crippen LogP contribution in [0.2, 0.25) is 0 Å². The van der Waals surface area contributed by atoms with Crippen LogP contribution >= 0.6 is 7.60 Å². The minimum absolute atomic E-state index is 0.0810. The smallest absolute Gasteiger partial charge is 0.431 e. The van der Waals surface area contributed by atoms with Crippen LogP contribution in [0.25, 0.3) is 0 Å². The Labute approximate surface area is 178 Å². The summed E-state index contributed by atoms with van der Waals surface area (Å²) < 4.78 is 71.3. The van der Waals surface area contributed by atoms with E-state index in [2.05, 4.69) is 0 Å². The average Bonchev–Trinajstić information content (AvgIpc) is 2.78. The first-order valence-electron chi connectivity index (χ1n) is 8.83. The molecule has 31 heavy (non-hydrogen) atoms. The third kappa shape index (κ3) is 13.3. The van der Waals surface area contributed by atoms with Crippen molar-refractivity contribution < 1.29 is 45.8 Å². The maximum atomic E-state index is 13.3. The molecule has 0 aliphatic heterocycles. The van der Waals surface area contributed by atoms with E-state index in [1.165, 1.54) is 0 Å². The predicted octanol–water partition coefficient (Wildman–Crippen LogP) is 7.19. The first-order valence-corrected chi connectivity index (χ1v) is 10.6. The summed E-state index contributed by atoms with van der Waals surface area (Å²) in [6.45, 7) is 5.19. The summed E-state index contributed by atoms with van der Waals surface area (Å²) in [6.07, 6.45) is -0.318. The number of esters is 1. The fourth-order valence-corrected chi connectivity index (χ4v) is 4.03. The molecular weight excluding hydrogens is 446 g/mol. The number of carbonyl (C=O) groups is 1. The third-order valence-corrected chi connectivity index (χ3v) is 5.20. The van der Waals surface area contributed by atoms with E-state index in [9.17, 15) is 13.8 Å². The quantitative estimate of drug-likeness (QED) is 0.231. The molecule has 2 aromatic rings. The molecule has 2 rings (SSSR count). The maximum absolute atomic E-state index is 13.3. The summed E-state index contributed by atoms with van der Waals surface area (Å²) in [5.74, 6) is -0.207. The summed E-state index contributed by atoms with van der Waals surface area (Å²) in [5, 5.41) is 0. The zero-order chi connectivity index (χ0) is 24.3. The van der Waals surface area contributed by atoms with E-state index in [-0.39, 0.29) is 12.3 Å². The van der Waals surface area contributed by atoms with Gasteiger partial charge in [-0.05, 0) is 38.1 Å². The standard InChI is InChI=1S/C19H23O5P.CH3F.2F2/c1-15(2)22-19(20)16(3)14-25(21,23-17-10-6-4-7-11-17)24-18-12-8-5-9-13-18;3*1-2/h4-13,15-16H,14H2,1-3H3;1H3;;/t16-;;;/m1.../s1. The van der Waals surface area contributed by atoms with Crippen molar-refractivity contribution in [3.63, 3.8) is 0 Å². The summed E-state index contributed by atoms with van der Waals surface area (Å²) >= 11 is 0. The highest BCUT2D eigenvalue weighted by molar-refractivity contribution is 7.54. The molecule has 1 atom stereocenters. The van der Waals surface area contributed by atoms with Crippen molar-refractivity contribution in [2.75, 3.05) is 13.3 Å². The van der Waals surface area contributed by atoms with E-state index in [4.69, 9.17) is 32.1 Å². The van der Waals surface area contributed by atoms with Gasteiger partial charge in [0.25, 0.3) is 0 Å². The van der Waals surface area contributed by atoms with Crippen LogP contribution in [0.15, 0.2) is 60.7 Å². The molecule has 0 aromatic heterocycles. The molecule has 0 N–H and O–H groups in total. The lowest BCUT2D eigenvalue weighted by molar-refractivity contribution is -0.151. The largest absolute Gasteiger partial charge is 0.463 e. The highest BCUT2D eigenvalue weighted by Gasteiger charge is 2.34. The Balaban J connectivity index is 0. The van der Waals surface area contributed by atoms with Gasteiger partial charge in [0.05, 0.1) is 25.4 Å². The lowest BCUT2D eigenvalue weighted by Gasteiger charge is -2.22. The fourth-order valence-electron chi connectivity index (χ4n) is 2.14. The number of benzene rings is 2. The first kappa shape index (κ1) is 30.6. The van der Waals surface area contributed by atoms with Crippen molar-refractivity contribution in [1.29, 1.82) is 0 Å². The third-order valence-electron chi connectivity index (χ3n) is 3.23. The fraction of sp³-hybridized carbons (Fsp3) is 0.350. The Morgan fingerprint density at radius 1 is 0.806 bits per heavy atom. The van der Waals surface area contributed by atoms with Gasteiger partial charge < -0.3 is 13.8 Å². The Hall–Kier alpha value is -2.61. The topological polar surface area (TPSA) is 61.8 Å². The van der Waals surface area contributed by atoms with Gasteiger partial charge in [-0.25, -0.2) is 4.57 Å². The summed E-state index contributed by atoms with van der Waals surface area (Å²) in [4.78, 5) is 12.1. The summed E-state index contributed by atoms with van der Waals surface area (Å²) in [7, 11) is -3.12. The average molecular weight is 472 g/mol. The van der Waals surface area contributed by atoms with E-state index < -0.39 is 19.5 Å². The lowest BCUT2D eigenvalue weighted by Crippen LogP contribution is -2.23. The molecule has 0 aliphatic rings. The zero-order valence-corrected chi connectivity index (χ0v) is 18.4. The Morgan fingerprint density at radius 3 is 1.48 bits per heavy atom. The predicted molar refractivity (Wildman–Crippen MR) is 108 cm³/mol. The van der Waals surface area contributed by atoms with E-state index in [0.29, 0.717) is 18.7 Å². The van der Waals surface area contributed by atoms with Gasteiger partial charge in [-0.3, -0.25) is 9.18 Å². The van der Waals surface area contributed by atoms with E-state index in [1.54, 1.807) is 69.3 Å². The monoisotopic (exact) mass is 472 g/mol. The summed E-state index contributed by atoms with van der Waals surface area (Å²) in [5.41, 5.74) is 0. The van der Waals surface area contributed by atoms with E-state index >= 15 is 0 Å². The molecule has 0 saturated carbocycles. The summed E-state index contributed by atoms with van der Waals surface area (Å²) in [6, 6.07) is 17.5. The molecule has 0 fully saturated rings. The molecular formula is C20H26F5O5P. The minimum atomic E-state index is -3.62. The number of hydrogen-bond acceptors (Lipinski definition) is 5. The van der Waals surface area contributed by atoms with Crippen LogP contribution in [0.1, 0.15) is 20.8 Å². The number of hydrogen-bond donors (Lipinski definition) is 0. The Kier molecular flexibility index (Phi) is 17.9. The minimum Gasteiger partial charge on any atom is -0.463 e. The number of carbonyl (C=O) groups excluding carboxylic acids is 1. The number of para-hydroxylation sites is 2. The van der Waals surface area contributed by atoms with Crippen LogP contribution in [-0.4, -0.2) is 25.4 Å². The van der Waals surface area contributed by atoms with Crippen molar-refractivity contribution >= 4 is 13.6 Å². The molecule has 5 nitrogen and oxygen atoms in total. The lowest BCUT2D eigenvalue weighted by atomic mass is 10.2. The van der Waals surface area contributed by atoms with Crippen LogP contribution in [0.5, 0.6) is 11.5 Å². The molecule has 11 heteroatoms. The van der Waals surface area contributed by atoms with Gasteiger partial charge in [0.1, 0.15) is 11.5 Å². The zero-order valence-electron chi connectivity index (χ0n) is 17.5. The van der Waals surface area contributed by atoms with Gasteiger partial charge in [0.15, 0.2) is 0 Å². The molecule has 176 valence electrons. The molecule has 0 bridgehead atoms. The van der Waals surface area contributed by atoms with Crippen LogP contribution in [0.3, 0.4) is 0 Å². The van der Waals surface area contributed by atoms with Gasteiger partial charge >= 0.3 is 13.6 Å². The Morgan fingerprint density at radius 2 is 1.16 bits per heavy atom. The van der Waals surface area contributed by atoms with Gasteiger partial charge in [-0.1, -0.05) is 43.3 Å². The van der Waals surface area contributed by atoms with Gasteiger partial charge in [-0.15, -0.1) is 0 Å². The van der Waals surface area contributed by atoms with Crippen molar-refractivity contribution in [1.82, 2.24) is 0 Å². The second-order valence-electron chi connectivity index (χ2n) is 5.99. The second kappa shape index (κ2) is 18.2. The molecule has 0 amide bonds. The van der Waals surface area contributed by atoms with Crippen molar-refractivity contribution in [3.05, 3.63) is 60.7 Å². The van der Waals surface area contributed by atoms with E-state index in [1.807, 2.05) is 12.1 Å². The highest BCUT2D eigenvalue weighted by atomic mass is 31.2. The SMILES string of the molecule is CC(C)OC(=O)[C@H](C)CP(=O)(Oc1ccccc1)Oc1ccccc1.CF.FF.FF. The van der Waals surface area contributed by atoms with Crippen molar-refractivity contribution in [2.24, 2.45) is 5.92 Å². The molecule has 0 radical (unpaired) electrons. The molecule has 0 spiro atoms. The maximum Gasteiger partial charge on any atom is 0.431 e.